The lowest BCUT2D eigenvalue weighted by Gasteiger charge is -2.08. The predicted molar refractivity (Wildman–Crippen MR) is 56.4 cm³/mol. The zero-order valence-corrected chi connectivity index (χ0v) is 8.86. The van der Waals surface area contributed by atoms with Crippen LogP contribution in [0.5, 0.6) is 5.75 Å². The number of nitriles is 1. The standard InChI is InChI=1S/C11H12N2O3/c1-16-10(14)4-7-2-3-8(5-12)11(15)9(7)6-13/h2-3,15H,4-5,12H2,1H3. The molecular weight excluding hydrogens is 208 g/mol. The summed E-state index contributed by atoms with van der Waals surface area (Å²) in [5.74, 6) is -0.622. The Bertz CT molecular complexity index is 449. The summed E-state index contributed by atoms with van der Waals surface area (Å²) in [6, 6.07) is 5.04. The fraction of sp³-hybridized carbons (Fsp3) is 0.273. The molecule has 1 rings (SSSR count). The summed E-state index contributed by atoms with van der Waals surface area (Å²) in [6.07, 6.45) is -0.0438. The minimum absolute atomic E-state index is 0.0438. The van der Waals surface area contributed by atoms with Crippen LogP contribution in [0, 0.1) is 11.3 Å². The van der Waals surface area contributed by atoms with E-state index in [0.717, 1.165) is 0 Å². The Hall–Kier alpha value is -2.06. The Morgan fingerprint density at radius 2 is 2.19 bits per heavy atom. The van der Waals surface area contributed by atoms with Gasteiger partial charge in [0.2, 0.25) is 0 Å². The van der Waals surface area contributed by atoms with E-state index in [-0.39, 0.29) is 24.3 Å². The number of phenolic OH excluding ortho intramolecular Hbond substituents is 1. The first kappa shape index (κ1) is 12.0. The van der Waals surface area contributed by atoms with Crippen molar-refractivity contribution >= 4 is 5.97 Å². The van der Waals surface area contributed by atoms with E-state index in [1.54, 1.807) is 12.1 Å². The number of hydrogen-bond donors (Lipinski definition) is 2. The third-order valence-electron chi connectivity index (χ3n) is 2.24. The maximum absolute atomic E-state index is 11.1. The summed E-state index contributed by atoms with van der Waals surface area (Å²) >= 11 is 0. The lowest BCUT2D eigenvalue weighted by atomic mass is 10.0. The molecular formula is C11H12N2O3. The van der Waals surface area contributed by atoms with Crippen LogP contribution in [0.1, 0.15) is 16.7 Å². The second kappa shape index (κ2) is 5.14. The highest BCUT2D eigenvalue weighted by Crippen LogP contribution is 2.25. The van der Waals surface area contributed by atoms with Gasteiger partial charge in [-0.05, 0) is 5.56 Å². The molecule has 0 aliphatic rings. The Kier molecular flexibility index (Phi) is 3.86. The Morgan fingerprint density at radius 1 is 1.56 bits per heavy atom. The average molecular weight is 220 g/mol. The van der Waals surface area contributed by atoms with Gasteiger partial charge >= 0.3 is 5.97 Å². The van der Waals surface area contributed by atoms with Gasteiger partial charge in [-0.2, -0.15) is 5.26 Å². The minimum atomic E-state index is -0.462. The molecule has 5 nitrogen and oxygen atoms in total. The monoisotopic (exact) mass is 220 g/mol. The first-order valence-corrected chi connectivity index (χ1v) is 4.64. The summed E-state index contributed by atoms with van der Waals surface area (Å²) in [7, 11) is 1.27. The molecule has 0 aliphatic heterocycles. The molecule has 0 fully saturated rings. The second-order valence-corrected chi connectivity index (χ2v) is 3.18. The molecule has 5 heteroatoms. The van der Waals surface area contributed by atoms with Crippen molar-refractivity contribution in [1.82, 2.24) is 0 Å². The van der Waals surface area contributed by atoms with Crippen molar-refractivity contribution in [1.29, 1.82) is 5.26 Å². The molecule has 0 atom stereocenters. The lowest BCUT2D eigenvalue weighted by Crippen LogP contribution is -2.07. The molecule has 3 N–H and O–H groups in total. The van der Waals surface area contributed by atoms with Crippen LogP contribution in [-0.2, 0) is 22.5 Å². The van der Waals surface area contributed by atoms with Gasteiger partial charge in [-0.3, -0.25) is 4.79 Å². The normalized spacial score (nSPS) is 9.56. The summed E-state index contributed by atoms with van der Waals surface area (Å²) < 4.78 is 4.50. The summed E-state index contributed by atoms with van der Waals surface area (Å²) in [6.45, 7) is 0.138. The molecule has 1 aromatic carbocycles. The Morgan fingerprint density at radius 3 is 2.69 bits per heavy atom. The second-order valence-electron chi connectivity index (χ2n) is 3.18. The number of hydrogen-bond acceptors (Lipinski definition) is 5. The highest BCUT2D eigenvalue weighted by Gasteiger charge is 2.14. The van der Waals surface area contributed by atoms with Gasteiger partial charge in [-0.25, -0.2) is 0 Å². The molecule has 0 saturated carbocycles. The van der Waals surface area contributed by atoms with Gasteiger partial charge in [0.25, 0.3) is 0 Å². The van der Waals surface area contributed by atoms with Crippen molar-refractivity contribution in [3.63, 3.8) is 0 Å². The van der Waals surface area contributed by atoms with Crippen molar-refractivity contribution in [2.75, 3.05) is 7.11 Å². The van der Waals surface area contributed by atoms with Gasteiger partial charge < -0.3 is 15.6 Å². The van der Waals surface area contributed by atoms with E-state index >= 15 is 0 Å². The number of rotatable bonds is 3. The molecule has 16 heavy (non-hydrogen) atoms. The van der Waals surface area contributed by atoms with Gasteiger partial charge in [-0.1, -0.05) is 12.1 Å². The van der Waals surface area contributed by atoms with E-state index in [4.69, 9.17) is 11.0 Å². The fourth-order valence-corrected chi connectivity index (χ4v) is 1.34. The van der Waals surface area contributed by atoms with Gasteiger partial charge in [0, 0.05) is 12.1 Å². The van der Waals surface area contributed by atoms with E-state index < -0.39 is 5.97 Å². The van der Waals surface area contributed by atoms with Crippen molar-refractivity contribution in [3.8, 4) is 11.8 Å². The summed E-state index contributed by atoms with van der Waals surface area (Å²) in [5, 5.41) is 18.6. The summed E-state index contributed by atoms with van der Waals surface area (Å²) in [5.41, 5.74) is 6.38. The fourth-order valence-electron chi connectivity index (χ4n) is 1.34. The molecule has 0 aliphatic carbocycles. The van der Waals surface area contributed by atoms with Crippen LogP contribution in [0.2, 0.25) is 0 Å². The smallest absolute Gasteiger partial charge is 0.310 e. The number of phenols is 1. The van der Waals surface area contributed by atoms with Crippen LogP contribution >= 0.6 is 0 Å². The molecule has 0 unspecified atom stereocenters. The quantitative estimate of drug-likeness (QED) is 0.720. The number of benzene rings is 1. The summed E-state index contributed by atoms with van der Waals surface area (Å²) in [4.78, 5) is 11.1. The van der Waals surface area contributed by atoms with Crippen molar-refractivity contribution in [2.45, 2.75) is 13.0 Å². The van der Waals surface area contributed by atoms with E-state index in [0.29, 0.717) is 11.1 Å². The van der Waals surface area contributed by atoms with Crippen LogP contribution in [0.3, 0.4) is 0 Å². The number of aromatic hydroxyl groups is 1. The maximum Gasteiger partial charge on any atom is 0.310 e. The molecule has 0 saturated heterocycles. The van der Waals surface area contributed by atoms with Gasteiger partial charge in [0.1, 0.15) is 11.8 Å². The van der Waals surface area contributed by atoms with Gasteiger partial charge in [0.15, 0.2) is 0 Å². The number of ether oxygens (including phenoxy) is 1. The SMILES string of the molecule is COC(=O)Cc1ccc(CN)c(O)c1C#N. The van der Waals surface area contributed by atoms with E-state index in [1.165, 1.54) is 7.11 Å². The van der Waals surface area contributed by atoms with E-state index in [1.807, 2.05) is 6.07 Å². The molecule has 0 aromatic heterocycles. The Labute approximate surface area is 93.1 Å². The minimum Gasteiger partial charge on any atom is -0.506 e. The van der Waals surface area contributed by atoms with E-state index in [9.17, 15) is 9.90 Å². The zero-order chi connectivity index (χ0) is 12.1. The number of carbonyl (C=O) groups is 1. The highest BCUT2D eigenvalue weighted by molar-refractivity contribution is 5.74. The lowest BCUT2D eigenvalue weighted by molar-refractivity contribution is -0.139. The Balaban J connectivity index is 3.17. The van der Waals surface area contributed by atoms with Gasteiger partial charge in [-0.15, -0.1) is 0 Å². The van der Waals surface area contributed by atoms with E-state index in [2.05, 4.69) is 4.74 Å². The third kappa shape index (κ3) is 2.30. The molecule has 0 spiro atoms. The number of methoxy groups -OCH3 is 1. The third-order valence-corrected chi connectivity index (χ3v) is 2.24. The average Bonchev–Trinajstić information content (AvgIpc) is 2.29. The van der Waals surface area contributed by atoms with Crippen LogP contribution < -0.4 is 5.73 Å². The zero-order valence-electron chi connectivity index (χ0n) is 8.86. The first-order chi connectivity index (χ1) is 7.63. The van der Waals surface area contributed by atoms with Crippen molar-refractivity contribution in [2.24, 2.45) is 5.73 Å². The largest absolute Gasteiger partial charge is 0.506 e. The van der Waals surface area contributed by atoms with Crippen LogP contribution in [0.4, 0.5) is 0 Å². The van der Waals surface area contributed by atoms with Crippen molar-refractivity contribution in [3.05, 3.63) is 28.8 Å². The molecule has 0 bridgehead atoms. The highest BCUT2D eigenvalue weighted by atomic mass is 16.5. The van der Waals surface area contributed by atoms with Crippen LogP contribution in [-0.4, -0.2) is 18.2 Å². The molecule has 0 amide bonds. The first-order valence-electron chi connectivity index (χ1n) is 4.64. The van der Waals surface area contributed by atoms with Crippen LogP contribution in [0.15, 0.2) is 12.1 Å². The predicted octanol–water partition coefficient (Wildman–Crippen LogP) is 0.438. The number of nitrogens with two attached hydrogens (primary N) is 1. The van der Waals surface area contributed by atoms with Gasteiger partial charge in [0.05, 0.1) is 19.1 Å². The molecule has 1 aromatic rings. The maximum atomic E-state index is 11.1. The molecule has 84 valence electrons. The van der Waals surface area contributed by atoms with Crippen LogP contribution in [0.25, 0.3) is 0 Å². The molecule has 0 heterocycles. The number of carbonyl (C=O) groups excluding carboxylic acids is 1. The number of esters is 1. The topological polar surface area (TPSA) is 96.3 Å². The number of nitrogens with zero attached hydrogens (tertiary/aromatic N) is 1. The molecule has 0 radical (unpaired) electrons. The van der Waals surface area contributed by atoms with Crippen molar-refractivity contribution < 1.29 is 14.6 Å².